The number of nitrogens with one attached hydrogen (secondary N) is 1. The first-order chi connectivity index (χ1) is 13.3. The number of para-hydroxylation sites is 1. The number of halogens is 2. The largest absolute Gasteiger partial charge is 0.497 e. The molecule has 0 aliphatic carbocycles. The third-order valence-electron chi connectivity index (χ3n) is 4.88. The SMILES string of the molecule is COc1ccnc(Cn2nc(C3CCCNC3)n(-c3ccccc3)c2=O)c1.Cl.Cl. The predicted octanol–water partition coefficient (Wildman–Crippen LogP) is 2.80. The van der Waals surface area contributed by atoms with Crippen LogP contribution in [0.5, 0.6) is 5.75 Å². The second-order valence-corrected chi connectivity index (χ2v) is 6.70. The van der Waals surface area contributed by atoms with E-state index in [0.717, 1.165) is 43.1 Å². The van der Waals surface area contributed by atoms with Crippen LogP contribution >= 0.6 is 24.8 Å². The Morgan fingerprint density at radius 3 is 2.69 bits per heavy atom. The number of hydrogen-bond acceptors (Lipinski definition) is 5. The van der Waals surface area contributed by atoms with Gasteiger partial charge in [0.1, 0.15) is 11.6 Å². The molecule has 4 rings (SSSR count). The average molecular weight is 438 g/mol. The van der Waals surface area contributed by atoms with Crippen molar-refractivity contribution in [2.45, 2.75) is 25.3 Å². The Kier molecular flexibility index (Phi) is 8.25. The van der Waals surface area contributed by atoms with Gasteiger partial charge in [-0.3, -0.25) is 4.98 Å². The summed E-state index contributed by atoms with van der Waals surface area (Å²) in [5.74, 6) is 1.74. The van der Waals surface area contributed by atoms with E-state index in [1.54, 1.807) is 23.9 Å². The van der Waals surface area contributed by atoms with Gasteiger partial charge in [0.15, 0.2) is 0 Å². The molecule has 1 aliphatic rings. The maximum atomic E-state index is 13.2. The van der Waals surface area contributed by atoms with Crippen molar-refractivity contribution in [3.8, 4) is 11.4 Å². The van der Waals surface area contributed by atoms with Gasteiger partial charge in [0.2, 0.25) is 0 Å². The zero-order valence-corrected chi connectivity index (χ0v) is 17.8. The zero-order chi connectivity index (χ0) is 18.6. The predicted molar refractivity (Wildman–Crippen MR) is 117 cm³/mol. The molecular weight excluding hydrogens is 413 g/mol. The lowest BCUT2D eigenvalue weighted by molar-refractivity contribution is 0.413. The van der Waals surface area contributed by atoms with E-state index in [1.165, 1.54) is 4.68 Å². The molecule has 1 fully saturated rings. The first kappa shape index (κ1) is 22.9. The summed E-state index contributed by atoms with van der Waals surface area (Å²) in [6, 6.07) is 13.3. The van der Waals surface area contributed by atoms with Crippen molar-refractivity contribution in [2.75, 3.05) is 20.2 Å². The van der Waals surface area contributed by atoms with Crippen LogP contribution in [0.1, 0.15) is 30.3 Å². The standard InChI is InChI=1S/C20H23N5O2.2ClH/c1-27-18-9-11-22-16(12-18)14-24-20(26)25(17-7-3-2-4-8-17)19(23-24)15-6-5-10-21-13-15;;/h2-4,7-9,11-12,15,21H,5-6,10,13-14H2,1H3;2*1H. The fourth-order valence-electron chi connectivity index (χ4n) is 3.51. The number of pyridine rings is 1. The minimum Gasteiger partial charge on any atom is -0.497 e. The van der Waals surface area contributed by atoms with E-state index in [9.17, 15) is 4.79 Å². The van der Waals surface area contributed by atoms with Crippen LogP contribution in [-0.4, -0.2) is 39.5 Å². The lowest BCUT2D eigenvalue weighted by atomic mass is 9.99. The highest BCUT2D eigenvalue weighted by Crippen LogP contribution is 2.23. The second kappa shape index (κ2) is 10.4. The molecule has 0 spiro atoms. The number of benzene rings is 1. The second-order valence-electron chi connectivity index (χ2n) is 6.70. The van der Waals surface area contributed by atoms with Gasteiger partial charge < -0.3 is 10.1 Å². The number of rotatable bonds is 5. The Morgan fingerprint density at radius 2 is 2.00 bits per heavy atom. The van der Waals surface area contributed by atoms with Gasteiger partial charge in [-0.25, -0.2) is 14.0 Å². The molecule has 0 amide bonds. The van der Waals surface area contributed by atoms with Gasteiger partial charge in [0.25, 0.3) is 0 Å². The van der Waals surface area contributed by atoms with Gasteiger partial charge in [-0.05, 0) is 37.6 Å². The van der Waals surface area contributed by atoms with Crippen LogP contribution in [0.4, 0.5) is 0 Å². The van der Waals surface area contributed by atoms with Gasteiger partial charge in [-0.2, -0.15) is 5.10 Å². The van der Waals surface area contributed by atoms with E-state index in [0.29, 0.717) is 12.3 Å². The lowest BCUT2D eigenvalue weighted by Crippen LogP contribution is -2.31. The molecule has 0 radical (unpaired) electrons. The van der Waals surface area contributed by atoms with Crippen LogP contribution in [-0.2, 0) is 6.54 Å². The number of hydrogen-bond donors (Lipinski definition) is 1. The highest BCUT2D eigenvalue weighted by molar-refractivity contribution is 5.85. The Labute approximate surface area is 181 Å². The molecule has 1 unspecified atom stereocenters. The highest BCUT2D eigenvalue weighted by Gasteiger charge is 2.25. The summed E-state index contributed by atoms with van der Waals surface area (Å²) in [4.78, 5) is 17.5. The van der Waals surface area contributed by atoms with E-state index in [2.05, 4.69) is 10.3 Å². The topological polar surface area (TPSA) is 74.0 Å². The summed E-state index contributed by atoms with van der Waals surface area (Å²) in [7, 11) is 1.61. The number of methoxy groups -OCH3 is 1. The minimum atomic E-state index is -0.147. The molecule has 1 aliphatic heterocycles. The van der Waals surface area contributed by atoms with E-state index in [1.807, 2.05) is 36.4 Å². The van der Waals surface area contributed by atoms with Crippen molar-refractivity contribution in [1.29, 1.82) is 0 Å². The molecule has 1 N–H and O–H groups in total. The van der Waals surface area contributed by atoms with Crippen molar-refractivity contribution in [3.63, 3.8) is 0 Å². The van der Waals surface area contributed by atoms with Crippen molar-refractivity contribution < 1.29 is 4.74 Å². The molecule has 1 saturated heterocycles. The van der Waals surface area contributed by atoms with E-state index < -0.39 is 0 Å². The Hall–Kier alpha value is -2.35. The van der Waals surface area contributed by atoms with E-state index >= 15 is 0 Å². The quantitative estimate of drug-likeness (QED) is 0.663. The Morgan fingerprint density at radius 1 is 1.21 bits per heavy atom. The molecule has 3 aromatic rings. The molecule has 0 saturated carbocycles. The molecule has 1 atom stereocenters. The van der Waals surface area contributed by atoms with E-state index in [-0.39, 0.29) is 36.4 Å². The van der Waals surface area contributed by atoms with Gasteiger partial charge in [-0.15, -0.1) is 24.8 Å². The average Bonchev–Trinajstić information content (AvgIpc) is 3.05. The number of piperidine rings is 1. The summed E-state index contributed by atoms with van der Waals surface area (Å²) in [6.45, 7) is 2.16. The van der Waals surface area contributed by atoms with Crippen LogP contribution in [0.15, 0.2) is 53.5 Å². The van der Waals surface area contributed by atoms with Gasteiger partial charge in [0, 0.05) is 24.7 Å². The molecule has 0 bridgehead atoms. The first-order valence-corrected chi connectivity index (χ1v) is 9.21. The smallest absolute Gasteiger partial charge is 0.350 e. The summed E-state index contributed by atoms with van der Waals surface area (Å²) in [6.07, 6.45) is 3.78. The molecule has 156 valence electrons. The van der Waals surface area contributed by atoms with E-state index in [4.69, 9.17) is 9.84 Å². The number of aromatic nitrogens is 4. The van der Waals surface area contributed by atoms with Crippen LogP contribution in [0, 0.1) is 0 Å². The fraction of sp³-hybridized carbons (Fsp3) is 0.350. The van der Waals surface area contributed by atoms with Gasteiger partial charge in [0.05, 0.1) is 25.0 Å². The van der Waals surface area contributed by atoms with Gasteiger partial charge in [-0.1, -0.05) is 18.2 Å². The molecule has 2 aromatic heterocycles. The summed E-state index contributed by atoms with van der Waals surface area (Å²) in [5.41, 5.74) is 1.43. The van der Waals surface area contributed by atoms with Crippen LogP contribution < -0.4 is 15.7 Å². The third-order valence-corrected chi connectivity index (χ3v) is 4.88. The van der Waals surface area contributed by atoms with Crippen molar-refractivity contribution in [3.05, 3.63) is 70.7 Å². The summed E-state index contributed by atoms with van der Waals surface area (Å²) in [5, 5.41) is 8.12. The monoisotopic (exact) mass is 437 g/mol. The van der Waals surface area contributed by atoms with Crippen molar-refractivity contribution in [1.82, 2.24) is 24.6 Å². The summed E-state index contributed by atoms with van der Waals surface area (Å²) >= 11 is 0. The Balaban J connectivity index is 0.00000150. The molecule has 29 heavy (non-hydrogen) atoms. The van der Waals surface area contributed by atoms with Crippen LogP contribution in [0.2, 0.25) is 0 Å². The number of nitrogens with zero attached hydrogens (tertiary/aromatic N) is 4. The maximum Gasteiger partial charge on any atom is 0.350 e. The number of ether oxygens (including phenoxy) is 1. The molecule has 7 nitrogen and oxygen atoms in total. The van der Waals surface area contributed by atoms with Crippen molar-refractivity contribution in [2.24, 2.45) is 0 Å². The highest BCUT2D eigenvalue weighted by atomic mass is 35.5. The normalized spacial score (nSPS) is 15.8. The molecular formula is C20H25Cl2N5O2. The van der Waals surface area contributed by atoms with Crippen LogP contribution in [0.3, 0.4) is 0 Å². The van der Waals surface area contributed by atoms with Crippen molar-refractivity contribution >= 4 is 24.8 Å². The zero-order valence-electron chi connectivity index (χ0n) is 16.2. The molecule has 9 heteroatoms. The fourth-order valence-corrected chi connectivity index (χ4v) is 3.51. The molecule has 3 heterocycles. The lowest BCUT2D eigenvalue weighted by Gasteiger charge is -2.22. The maximum absolute atomic E-state index is 13.2. The minimum absolute atomic E-state index is 0. The molecule has 1 aromatic carbocycles. The summed E-state index contributed by atoms with van der Waals surface area (Å²) < 4.78 is 8.49. The third kappa shape index (κ3) is 4.98. The Bertz CT molecular complexity index is 969. The van der Waals surface area contributed by atoms with Gasteiger partial charge >= 0.3 is 5.69 Å². The van der Waals surface area contributed by atoms with Crippen LogP contribution in [0.25, 0.3) is 5.69 Å². The first-order valence-electron chi connectivity index (χ1n) is 9.21.